The zero-order valence-corrected chi connectivity index (χ0v) is 15.1. The lowest BCUT2D eigenvalue weighted by Crippen LogP contribution is -2.14. The van der Waals surface area contributed by atoms with Crippen molar-refractivity contribution in [2.45, 2.75) is 19.3 Å². The van der Waals surface area contributed by atoms with E-state index < -0.39 is 0 Å². The minimum Gasteiger partial charge on any atom is -0.356 e. The van der Waals surface area contributed by atoms with Crippen molar-refractivity contribution in [3.63, 3.8) is 0 Å². The Hall–Kier alpha value is -3.06. The SMILES string of the molecule is CC1(C)c2ccc(Nc3ccccc3)cc2-c2cc3ccccc3cc21. The molecular formula is C25H21N. The van der Waals surface area contributed by atoms with E-state index >= 15 is 0 Å². The van der Waals surface area contributed by atoms with Gasteiger partial charge in [-0.25, -0.2) is 0 Å². The summed E-state index contributed by atoms with van der Waals surface area (Å²) in [6.45, 7) is 4.66. The molecule has 0 aromatic heterocycles. The van der Waals surface area contributed by atoms with E-state index in [9.17, 15) is 0 Å². The highest BCUT2D eigenvalue weighted by molar-refractivity contribution is 5.94. The monoisotopic (exact) mass is 335 g/mol. The highest BCUT2D eigenvalue weighted by Gasteiger charge is 2.35. The molecule has 0 amide bonds. The number of anilines is 2. The van der Waals surface area contributed by atoms with Crippen LogP contribution in [0.1, 0.15) is 25.0 Å². The summed E-state index contributed by atoms with van der Waals surface area (Å²) in [5.41, 5.74) is 7.80. The fourth-order valence-electron chi connectivity index (χ4n) is 4.20. The van der Waals surface area contributed by atoms with Gasteiger partial charge in [0.15, 0.2) is 0 Å². The van der Waals surface area contributed by atoms with Crippen molar-refractivity contribution in [2.24, 2.45) is 0 Å². The molecular weight excluding hydrogens is 314 g/mol. The molecule has 4 aromatic rings. The molecule has 1 N–H and O–H groups in total. The number of hydrogen-bond acceptors (Lipinski definition) is 1. The van der Waals surface area contributed by atoms with Crippen molar-refractivity contribution in [3.8, 4) is 11.1 Å². The molecule has 5 rings (SSSR count). The lowest BCUT2D eigenvalue weighted by atomic mass is 9.82. The normalized spacial score (nSPS) is 14.1. The smallest absolute Gasteiger partial charge is 0.0390 e. The van der Waals surface area contributed by atoms with Gasteiger partial charge >= 0.3 is 0 Å². The maximum atomic E-state index is 3.53. The van der Waals surface area contributed by atoms with Gasteiger partial charge < -0.3 is 5.32 Å². The maximum Gasteiger partial charge on any atom is 0.0390 e. The fourth-order valence-corrected chi connectivity index (χ4v) is 4.20. The molecule has 1 aliphatic rings. The number of para-hydroxylation sites is 1. The summed E-state index contributed by atoms with van der Waals surface area (Å²) in [5.74, 6) is 0. The molecule has 0 spiro atoms. The van der Waals surface area contributed by atoms with Crippen LogP contribution in [0.25, 0.3) is 21.9 Å². The van der Waals surface area contributed by atoms with E-state index in [4.69, 9.17) is 0 Å². The van der Waals surface area contributed by atoms with Gasteiger partial charge in [-0.15, -0.1) is 0 Å². The fraction of sp³-hybridized carbons (Fsp3) is 0.120. The van der Waals surface area contributed by atoms with Crippen LogP contribution in [0, 0.1) is 0 Å². The Bertz CT molecular complexity index is 1120. The minimum atomic E-state index is 0.0278. The van der Waals surface area contributed by atoms with Gasteiger partial charge in [-0.1, -0.05) is 62.4 Å². The molecule has 0 aliphatic heterocycles. The molecule has 0 heterocycles. The lowest BCUT2D eigenvalue weighted by molar-refractivity contribution is 0.661. The summed E-state index contributed by atoms with van der Waals surface area (Å²) in [6.07, 6.45) is 0. The van der Waals surface area contributed by atoms with Crippen LogP contribution in [-0.4, -0.2) is 0 Å². The molecule has 0 bridgehead atoms. The molecule has 0 radical (unpaired) electrons. The first-order chi connectivity index (χ1) is 12.6. The molecule has 1 aliphatic carbocycles. The van der Waals surface area contributed by atoms with Crippen LogP contribution in [-0.2, 0) is 5.41 Å². The van der Waals surface area contributed by atoms with Crippen LogP contribution >= 0.6 is 0 Å². The molecule has 0 saturated carbocycles. The number of rotatable bonds is 2. The summed E-state index contributed by atoms with van der Waals surface area (Å²) < 4.78 is 0. The third-order valence-corrected chi connectivity index (χ3v) is 5.60. The van der Waals surface area contributed by atoms with Crippen molar-refractivity contribution in [3.05, 3.63) is 96.1 Å². The van der Waals surface area contributed by atoms with Gasteiger partial charge in [0.25, 0.3) is 0 Å². The van der Waals surface area contributed by atoms with Crippen LogP contribution in [0.5, 0.6) is 0 Å². The highest BCUT2D eigenvalue weighted by Crippen LogP contribution is 2.50. The largest absolute Gasteiger partial charge is 0.356 e. The first kappa shape index (κ1) is 15.2. The van der Waals surface area contributed by atoms with Crippen LogP contribution in [0.2, 0.25) is 0 Å². The summed E-state index contributed by atoms with van der Waals surface area (Å²) in [5, 5.41) is 6.15. The maximum absolute atomic E-state index is 3.53. The number of nitrogens with one attached hydrogen (secondary N) is 1. The third kappa shape index (κ3) is 2.24. The Morgan fingerprint density at radius 1 is 0.577 bits per heavy atom. The zero-order valence-electron chi connectivity index (χ0n) is 15.1. The first-order valence-electron chi connectivity index (χ1n) is 9.13. The Labute approximate surface area is 154 Å². The second kappa shape index (κ2) is 5.47. The van der Waals surface area contributed by atoms with E-state index in [1.165, 1.54) is 33.0 Å². The lowest BCUT2D eigenvalue weighted by Gasteiger charge is -2.22. The molecule has 0 unspecified atom stereocenters. The molecule has 26 heavy (non-hydrogen) atoms. The van der Waals surface area contributed by atoms with E-state index in [1.807, 2.05) is 6.07 Å². The summed E-state index contributed by atoms with van der Waals surface area (Å²) in [7, 11) is 0. The highest BCUT2D eigenvalue weighted by atomic mass is 14.9. The molecule has 0 fully saturated rings. The first-order valence-corrected chi connectivity index (χ1v) is 9.13. The Balaban J connectivity index is 1.67. The number of hydrogen-bond donors (Lipinski definition) is 1. The van der Waals surface area contributed by atoms with Gasteiger partial charge in [0.1, 0.15) is 0 Å². The number of benzene rings is 4. The quantitative estimate of drug-likeness (QED) is 0.420. The second-order valence-corrected chi connectivity index (χ2v) is 7.62. The molecule has 4 aromatic carbocycles. The zero-order chi connectivity index (χ0) is 17.7. The van der Waals surface area contributed by atoms with Crippen molar-refractivity contribution in [1.82, 2.24) is 0 Å². The summed E-state index contributed by atoms with van der Waals surface area (Å²) in [4.78, 5) is 0. The van der Waals surface area contributed by atoms with Crippen LogP contribution in [0.15, 0.2) is 84.9 Å². The van der Waals surface area contributed by atoms with Crippen molar-refractivity contribution >= 4 is 22.1 Å². The van der Waals surface area contributed by atoms with Gasteiger partial charge in [-0.2, -0.15) is 0 Å². The summed E-state index contributed by atoms with van der Waals surface area (Å²) in [6, 6.07) is 30.5. The molecule has 0 saturated heterocycles. The van der Waals surface area contributed by atoms with Crippen LogP contribution < -0.4 is 5.32 Å². The average molecular weight is 335 g/mol. The van der Waals surface area contributed by atoms with Crippen LogP contribution in [0.4, 0.5) is 11.4 Å². The molecule has 0 atom stereocenters. The van der Waals surface area contributed by atoms with Gasteiger partial charge in [0.05, 0.1) is 0 Å². The van der Waals surface area contributed by atoms with E-state index in [0.717, 1.165) is 11.4 Å². The topological polar surface area (TPSA) is 12.0 Å². The molecule has 126 valence electrons. The standard InChI is InChI=1S/C25H21N/c1-25(2)23-13-12-20(26-19-10-4-3-5-11-19)16-22(23)21-14-17-8-6-7-9-18(17)15-24(21)25/h3-16,26H,1-2H3. The average Bonchev–Trinajstić information content (AvgIpc) is 2.88. The number of fused-ring (bicyclic) bond motifs is 4. The Kier molecular flexibility index (Phi) is 3.20. The Morgan fingerprint density at radius 2 is 1.23 bits per heavy atom. The van der Waals surface area contributed by atoms with Crippen LogP contribution in [0.3, 0.4) is 0 Å². The van der Waals surface area contributed by atoms with Crippen molar-refractivity contribution in [2.75, 3.05) is 5.32 Å². The summed E-state index contributed by atoms with van der Waals surface area (Å²) >= 11 is 0. The third-order valence-electron chi connectivity index (χ3n) is 5.60. The van der Waals surface area contributed by atoms with E-state index in [-0.39, 0.29) is 5.41 Å². The van der Waals surface area contributed by atoms with Gasteiger partial charge in [-0.3, -0.25) is 0 Å². The molecule has 1 heteroatoms. The predicted octanol–water partition coefficient (Wildman–Crippen LogP) is 6.89. The second-order valence-electron chi connectivity index (χ2n) is 7.62. The van der Waals surface area contributed by atoms with Crippen molar-refractivity contribution < 1.29 is 0 Å². The van der Waals surface area contributed by atoms with Crippen molar-refractivity contribution in [1.29, 1.82) is 0 Å². The van der Waals surface area contributed by atoms with Gasteiger partial charge in [0.2, 0.25) is 0 Å². The molecule has 1 nitrogen and oxygen atoms in total. The minimum absolute atomic E-state index is 0.0278. The Morgan fingerprint density at radius 3 is 2.00 bits per heavy atom. The van der Waals surface area contributed by atoms with Gasteiger partial charge in [-0.05, 0) is 69.4 Å². The van der Waals surface area contributed by atoms with Gasteiger partial charge in [0, 0.05) is 16.8 Å². The van der Waals surface area contributed by atoms with E-state index in [0.29, 0.717) is 0 Å². The predicted molar refractivity (Wildman–Crippen MR) is 111 cm³/mol. The van der Waals surface area contributed by atoms with E-state index in [2.05, 4.69) is 98.0 Å². The van der Waals surface area contributed by atoms with E-state index in [1.54, 1.807) is 0 Å².